The lowest BCUT2D eigenvalue weighted by Crippen LogP contribution is -2.24. The Kier molecular flexibility index (Phi) is 5.21. The molecule has 0 saturated heterocycles. The summed E-state index contributed by atoms with van der Waals surface area (Å²) in [6.07, 6.45) is 1.51. The van der Waals surface area contributed by atoms with Crippen molar-refractivity contribution < 1.29 is 12.8 Å². The predicted octanol–water partition coefficient (Wildman–Crippen LogP) is 2.55. The lowest BCUT2D eigenvalue weighted by Gasteiger charge is -2.12. The smallest absolute Gasteiger partial charge is 0.241 e. The highest BCUT2D eigenvalue weighted by atomic mass is 79.9. The van der Waals surface area contributed by atoms with Gasteiger partial charge in [-0.15, -0.1) is 0 Å². The van der Waals surface area contributed by atoms with E-state index in [4.69, 9.17) is 4.42 Å². The van der Waals surface area contributed by atoms with Crippen LogP contribution >= 0.6 is 15.9 Å². The zero-order chi connectivity index (χ0) is 15.5. The summed E-state index contributed by atoms with van der Waals surface area (Å²) in [6.45, 7) is 2.50. The van der Waals surface area contributed by atoms with E-state index >= 15 is 0 Å². The number of benzene rings is 1. The van der Waals surface area contributed by atoms with E-state index in [2.05, 4.69) is 26.0 Å². The second-order valence-electron chi connectivity index (χ2n) is 4.64. The minimum Gasteiger partial charge on any atom is -0.468 e. The summed E-state index contributed by atoms with van der Waals surface area (Å²) < 4.78 is 33.4. The summed E-state index contributed by atoms with van der Waals surface area (Å²) in [5.74, 6) is 0.571. The van der Waals surface area contributed by atoms with E-state index in [1.807, 2.05) is 13.1 Å². The Balaban J connectivity index is 2.30. The van der Waals surface area contributed by atoms with Crippen molar-refractivity contribution in [2.45, 2.75) is 24.9 Å². The number of nitrogens with one attached hydrogen (secondary N) is 2. The molecule has 0 saturated carbocycles. The van der Waals surface area contributed by atoms with Crippen molar-refractivity contribution in [3.05, 3.63) is 51.9 Å². The van der Waals surface area contributed by atoms with Gasteiger partial charge in [0.05, 0.1) is 17.7 Å². The van der Waals surface area contributed by atoms with Gasteiger partial charge in [-0.3, -0.25) is 0 Å². The SMILES string of the molecule is CNCc1cc(Br)c(C)c(S(=O)(=O)NCc2ccco2)c1. The molecule has 1 heterocycles. The van der Waals surface area contributed by atoms with E-state index in [9.17, 15) is 8.42 Å². The third-order valence-electron chi connectivity index (χ3n) is 3.04. The van der Waals surface area contributed by atoms with E-state index in [1.165, 1.54) is 6.26 Å². The van der Waals surface area contributed by atoms with Gasteiger partial charge in [0, 0.05) is 11.0 Å². The molecule has 0 aliphatic carbocycles. The van der Waals surface area contributed by atoms with E-state index < -0.39 is 10.0 Å². The highest BCUT2D eigenvalue weighted by Crippen LogP contribution is 2.26. The van der Waals surface area contributed by atoms with Crippen LogP contribution < -0.4 is 10.0 Å². The van der Waals surface area contributed by atoms with Gasteiger partial charge >= 0.3 is 0 Å². The quantitative estimate of drug-likeness (QED) is 0.817. The molecule has 0 aliphatic rings. The molecule has 0 fully saturated rings. The van der Waals surface area contributed by atoms with Crippen LogP contribution in [0.2, 0.25) is 0 Å². The molecule has 2 aromatic rings. The largest absolute Gasteiger partial charge is 0.468 e. The maximum atomic E-state index is 12.5. The van der Waals surface area contributed by atoms with Crippen molar-refractivity contribution in [3.63, 3.8) is 0 Å². The van der Waals surface area contributed by atoms with Crippen molar-refractivity contribution in [1.29, 1.82) is 0 Å². The maximum Gasteiger partial charge on any atom is 0.241 e. The standard InChI is InChI=1S/C14H17BrN2O3S/c1-10-13(15)6-11(8-16-2)7-14(10)21(18,19)17-9-12-4-3-5-20-12/h3-7,16-17H,8-9H2,1-2H3. The number of sulfonamides is 1. The Labute approximate surface area is 132 Å². The minimum absolute atomic E-state index is 0.128. The van der Waals surface area contributed by atoms with Gasteiger partial charge in [0.2, 0.25) is 10.0 Å². The van der Waals surface area contributed by atoms with Gasteiger partial charge in [-0.05, 0) is 49.4 Å². The summed E-state index contributed by atoms with van der Waals surface area (Å²) in [4.78, 5) is 0.272. The molecule has 0 unspecified atom stereocenters. The molecule has 0 atom stereocenters. The van der Waals surface area contributed by atoms with Crippen molar-refractivity contribution >= 4 is 26.0 Å². The fourth-order valence-corrected chi connectivity index (χ4v) is 3.90. The first-order valence-corrected chi connectivity index (χ1v) is 8.67. The van der Waals surface area contributed by atoms with Crippen molar-refractivity contribution in [2.75, 3.05) is 7.05 Å². The number of hydrogen-bond acceptors (Lipinski definition) is 4. The summed E-state index contributed by atoms with van der Waals surface area (Å²) in [5, 5.41) is 3.01. The molecule has 5 nitrogen and oxygen atoms in total. The van der Waals surface area contributed by atoms with Crippen LogP contribution in [0.3, 0.4) is 0 Å². The average molecular weight is 373 g/mol. The Hall–Kier alpha value is -1.15. The first kappa shape index (κ1) is 16.2. The molecule has 21 heavy (non-hydrogen) atoms. The molecule has 2 N–H and O–H groups in total. The first-order chi connectivity index (χ1) is 9.94. The minimum atomic E-state index is -3.60. The highest BCUT2D eigenvalue weighted by Gasteiger charge is 2.19. The zero-order valence-corrected chi connectivity index (χ0v) is 14.2. The topological polar surface area (TPSA) is 71.3 Å². The molecule has 7 heteroatoms. The van der Waals surface area contributed by atoms with Crippen molar-refractivity contribution in [2.24, 2.45) is 0 Å². The number of rotatable bonds is 6. The van der Waals surface area contributed by atoms with Crippen LogP contribution in [0.15, 0.2) is 44.3 Å². The molecule has 0 aliphatic heterocycles. The monoisotopic (exact) mass is 372 g/mol. The normalized spacial score (nSPS) is 11.8. The molecular formula is C14H17BrN2O3S. The lowest BCUT2D eigenvalue weighted by atomic mass is 10.1. The van der Waals surface area contributed by atoms with Crippen molar-refractivity contribution in [3.8, 4) is 0 Å². The van der Waals surface area contributed by atoms with E-state index in [0.717, 1.165) is 10.0 Å². The number of hydrogen-bond donors (Lipinski definition) is 2. The van der Waals surface area contributed by atoms with E-state index in [1.54, 1.807) is 25.1 Å². The summed E-state index contributed by atoms with van der Waals surface area (Å²) in [7, 11) is -1.78. The maximum absolute atomic E-state index is 12.5. The van der Waals surface area contributed by atoms with Gasteiger partial charge < -0.3 is 9.73 Å². The zero-order valence-electron chi connectivity index (χ0n) is 11.8. The van der Waals surface area contributed by atoms with Crippen LogP contribution in [0, 0.1) is 6.92 Å². The third-order valence-corrected chi connectivity index (χ3v) is 5.39. The second-order valence-corrected chi connectivity index (χ2v) is 7.22. The predicted molar refractivity (Wildman–Crippen MR) is 84.4 cm³/mol. The number of furan rings is 1. The molecule has 0 spiro atoms. The number of halogens is 1. The summed E-state index contributed by atoms with van der Waals surface area (Å²) in [5.41, 5.74) is 1.58. The Morgan fingerprint density at radius 3 is 2.67 bits per heavy atom. The van der Waals surface area contributed by atoms with E-state index in [0.29, 0.717) is 17.9 Å². The molecule has 0 bridgehead atoms. The summed E-state index contributed by atoms with van der Waals surface area (Å²) in [6, 6.07) is 7.04. The van der Waals surface area contributed by atoms with Crippen LogP contribution in [0.1, 0.15) is 16.9 Å². The Morgan fingerprint density at radius 1 is 1.29 bits per heavy atom. The molecular weight excluding hydrogens is 356 g/mol. The second kappa shape index (κ2) is 6.74. The molecule has 114 valence electrons. The molecule has 1 aromatic heterocycles. The average Bonchev–Trinajstić information content (AvgIpc) is 2.94. The van der Waals surface area contributed by atoms with E-state index in [-0.39, 0.29) is 11.4 Å². The highest BCUT2D eigenvalue weighted by molar-refractivity contribution is 9.10. The van der Waals surface area contributed by atoms with Crippen molar-refractivity contribution in [1.82, 2.24) is 10.0 Å². The fourth-order valence-electron chi connectivity index (χ4n) is 1.95. The Bertz CT molecular complexity index is 712. The van der Waals surface area contributed by atoms with Crippen LogP contribution in [0.5, 0.6) is 0 Å². The summed E-state index contributed by atoms with van der Waals surface area (Å²) >= 11 is 3.41. The van der Waals surface area contributed by atoms with Crippen LogP contribution in [-0.4, -0.2) is 15.5 Å². The Morgan fingerprint density at radius 2 is 2.05 bits per heavy atom. The van der Waals surface area contributed by atoms with Crippen LogP contribution in [-0.2, 0) is 23.1 Å². The molecule has 2 rings (SSSR count). The third kappa shape index (κ3) is 3.94. The van der Waals surface area contributed by atoms with Gasteiger partial charge in [0.15, 0.2) is 0 Å². The molecule has 1 aromatic carbocycles. The first-order valence-electron chi connectivity index (χ1n) is 6.39. The lowest BCUT2D eigenvalue weighted by molar-refractivity contribution is 0.498. The van der Waals surface area contributed by atoms with Gasteiger partial charge in [0.25, 0.3) is 0 Å². The van der Waals surface area contributed by atoms with Crippen LogP contribution in [0.4, 0.5) is 0 Å². The van der Waals surface area contributed by atoms with Gasteiger partial charge in [-0.1, -0.05) is 15.9 Å². The molecule has 0 radical (unpaired) electrons. The van der Waals surface area contributed by atoms with Crippen LogP contribution in [0.25, 0.3) is 0 Å². The van der Waals surface area contributed by atoms with Gasteiger partial charge in [0.1, 0.15) is 5.76 Å². The van der Waals surface area contributed by atoms with Gasteiger partial charge in [-0.25, -0.2) is 13.1 Å². The molecule has 0 amide bonds. The van der Waals surface area contributed by atoms with Gasteiger partial charge in [-0.2, -0.15) is 0 Å². The fraction of sp³-hybridized carbons (Fsp3) is 0.286.